The van der Waals surface area contributed by atoms with Gasteiger partial charge < -0.3 is 0 Å². The molecule has 11 heteroatoms. The molecule has 1 fully saturated rings. The SMILES string of the molecule is O=S1(=O)CCC(N(Cc2cccs2)S(=O)(=O)c2cccc3nsnc23)C1. The van der Waals surface area contributed by atoms with Crippen LogP contribution in [0.3, 0.4) is 0 Å². The van der Waals surface area contributed by atoms with Crippen LogP contribution < -0.4 is 0 Å². The Labute approximate surface area is 159 Å². The second-order valence-corrected chi connectivity index (χ2v) is 11.7. The number of rotatable bonds is 5. The van der Waals surface area contributed by atoms with Gasteiger partial charge in [-0.3, -0.25) is 0 Å². The molecule has 1 atom stereocenters. The normalized spacial score (nSPS) is 20.1. The molecule has 0 aliphatic carbocycles. The van der Waals surface area contributed by atoms with Gasteiger partial charge in [-0.1, -0.05) is 12.1 Å². The van der Waals surface area contributed by atoms with Crippen molar-refractivity contribution in [1.82, 2.24) is 13.1 Å². The highest BCUT2D eigenvalue weighted by Gasteiger charge is 2.39. The summed E-state index contributed by atoms with van der Waals surface area (Å²) in [6, 6.07) is 7.97. The first-order valence-electron chi connectivity index (χ1n) is 7.83. The molecule has 4 rings (SSSR count). The van der Waals surface area contributed by atoms with Crippen LogP contribution in [0.25, 0.3) is 11.0 Å². The van der Waals surface area contributed by atoms with Gasteiger partial charge in [-0.15, -0.1) is 11.3 Å². The zero-order valence-electron chi connectivity index (χ0n) is 13.5. The first-order chi connectivity index (χ1) is 12.4. The molecule has 0 spiro atoms. The molecule has 0 bridgehead atoms. The van der Waals surface area contributed by atoms with E-state index in [9.17, 15) is 16.8 Å². The predicted octanol–water partition coefficient (Wildman–Crippen LogP) is 2.13. The van der Waals surface area contributed by atoms with E-state index in [-0.39, 0.29) is 22.9 Å². The van der Waals surface area contributed by atoms with Crippen molar-refractivity contribution in [1.29, 1.82) is 0 Å². The van der Waals surface area contributed by atoms with Crippen molar-refractivity contribution in [2.45, 2.75) is 23.9 Å². The van der Waals surface area contributed by atoms with E-state index in [2.05, 4.69) is 8.75 Å². The van der Waals surface area contributed by atoms with E-state index in [0.29, 0.717) is 17.5 Å². The fraction of sp³-hybridized carbons (Fsp3) is 0.333. The van der Waals surface area contributed by atoms with Crippen LogP contribution in [0.2, 0.25) is 0 Å². The third kappa shape index (κ3) is 3.29. The number of aromatic nitrogens is 2. The van der Waals surface area contributed by atoms with Gasteiger partial charge in [0.25, 0.3) is 0 Å². The summed E-state index contributed by atoms with van der Waals surface area (Å²) in [6.45, 7) is 0.147. The molecule has 0 radical (unpaired) electrons. The number of hydrogen-bond acceptors (Lipinski definition) is 8. The lowest BCUT2D eigenvalue weighted by atomic mass is 10.2. The Morgan fingerprint density at radius 2 is 2.04 bits per heavy atom. The second kappa shape index (κ2) is 6.64. The van der Waals surface area contributed by atoms with Crippen molar-refractivity contribution < 1.29 is 16.8 Å². The highest BCUT2D eigenvalue weighted by molar-refractivity contribution is 7.92. The maximum Gasteiger partial charge on any atom is 0.245 e. The Bertz CT molecular complexity index is 1140. The van der Waals surface area contributed by atoms with Gasteiger partial charge in [0.1, 0.15) is 15.9 Å². The van der Waals surface area contributed by atoms with Crippen molar-refractivity contribution in [3.8, 4) is 0 Å². The summed E-state index contributed by atoms with van der Waals surface area (Å²) in [6.07, 6.45) is 0.304. The summed E-state index contributed by atoms with van der Waals surface area (Å²) in [5.74, 6) is -0.139. The average Bonchev–Trinajstić information content (AvgIpc) is 3.32. The lowest BCUT2D eigenvalue weighted by Crippen LogP contribution is -2.40. The van der Waals surface area contributed by atoms with Gasteiger partial charge in [-0.25, -0.2) is 16.8 Å². The largest absolute Gasteiger partial charge is 0.245 e. The maximum atomic E-state index is 13.4. The van der Waals surface area contributed by atoms with E-state index in [0.717, 1.165) is 16.6 Å². The fourth-order valence-corrected chi connectivity index (χ4v) is 8.08. The van der Waals surface area contributed by atoms with Gasteiger partial charge >= 0.3 is 0 Å². The standard InChI is InChI=1S/C15H15N3O4S4/c19-25(20)8-6-11(10-25)18(9-12-3-2-7-23-12)26(21,22)14-5-1-4-13-15(14)17-24-16-13/h1-5,7,11H,6,8-10H2. The molecule has 0 saturated carbocycles. The Morgan fingerprint density at radius 3 is 2.73 bits per heavy atom. The summed E-state index contributed by atoms with van der Waals surface area (Å²) < 4.78 is 60.3. The quantitative estimate of drug-likeness (QED) is 0.616. The van der Waals surface area contributed by atoms with Crippen LogP contribution in [0.1, 0.15) is 11.3 Å². The van der Waals surface area contributed by atoms with E-state index < -0.39 is 25.9 Å². The number of hydrogen-bond donors (Lipinski definition) is 0. The number of nitrogens with zero attached hydrogens (tertiary/aromatic N) is 3. The molecule has 1 aliphatic heterocycles. The first-order valence-corrected chi connectivity index (χ1v) is 12.7. The van der Waals surface area contributed by atoms with E-state index >= 15 is 0 Å². The second-order valence-electron chi connectivity index (χ2n) is 6.07. The molecule has 2 aromatic heterocycles. The smallest absolute Gasteiger partial charge is 0.229 e. The molecule has 138 valence electrons. The zero-order chi connectivity index (χ0) is 18.4. The Kier molecular flexibility index (Phi) is 4.59. The van der Waals surface area contributed by atoms with E-state index in [4.69, 9.17) is 0 Å². The van der Waals surface area contributed by atoms with Gasteiger partial charge in [0.2, 0.25) is 10.0 Å². The molecule has 0 N–H and O–H groups in total. The Hall–Kier alpha value is -1.40. The van der Waals surface area contributed by atoms with Gasteiger partial charge in [-0.05, 0) is 30.0 Å². The third-order valence-electron chi connectivity index (χ3n) is 4.34. The van der Waals surface area contributed by atoms with Gasteiger partial charge in [-0.2, -0.15) is 13.1 Å². The highest BCUT2D eigenvalue weighted by Crippen LogP contribution is 2.31. The maximum absolute atomic E-state index is 13.4. The van der Waals surface area contributed by atoms with Crippen LogP contribution in [0.15, 0.2) is 40.6 Å². The van der Waals surface area contributed by atoms with Gasteiger partial charge in [0.15, 0.2) is 9.84 Å². The number of sulfonamides is 1. The van der Waals surface area contributed by atoms with E-state index in [1.807, 2.05) is 17.5 Å². The topological polar surface area (TPSA) is 97.3 Å². The van der Waals surface area contributed by atoms with E-state index in [1.165, 1.54) is 21.7 Å². The van der Waals surface area contributed by atoms with Crippen LogP contribution >= 0.6 is 23.1 Å². The molecular weight excluding hydrogens is 414 g/mol. The first kappa shape index (κ1) is 18.0. The number of fused-ring (bicyclic) bond motifs is 1. The van der Waals surface area contributed by atoms with Gasteiger partial charge in [0, 0.05) is 17.5 Å². The molecule has 1 aromatic carbocycles. The van der Waals surface area contributed by atoms with Crippen LogP contribution in [0.4, 0.5) is 0 Å². The molecule has 3 aromatic rings. The zero-order valence-corrected chi connectivity index (χ0v) is 16.7. The minimum Gasteiger partial charge on any atom is -0.229 e. The summed E-state index contributed by atoms with van der Waals surface area (Å²) in [7, 11) is -7.15. The monoisotopic (exact) mass is 429 g/mol. The highest BCUT2D eigenvalue weighted by atomic mass is 32.2. The third-order valence-corrected chi connectivity index (χ3v) is 9.43. The molecule has 0 amide bonds. The summed E-state index contributed by atoms with van der Waals surface area (Å²) >= 11 is 2.40. The van der Waals surface area contributed by atoms with Crippen LogP contribution in [0.5, 0.6) is 0 Å². The molecule has 7 nitrogen and oxygen atoms in total. The minimum atomic E-state index is -3.93. The molecular formula is C15H15N3O4S4. The Morgan fingerprint density at radius 1 is 1.19 bits per heavy atom. The van der Waals surface area contributed by atoms with Crippen molar-refractivity contribution in [2.75, 3.05) is 11.5 Å². The fourth-order valence-electron chi connectivity index (χ4n) is 3.08. The van der Waals surface area contributed by atoms with Crippen molar-refractivity contribution in [2.24, 2.45) is 0 Å². The number of sulfone groups is 1. The predicted molar refractivity (Wildman–Crippen MR) is 102 cm³/mol. The van der Waals surface area contributed by atoms with Crippen molar-refractivity contribution >= 4 is 54.0 Å². The molecule has 26 heavy (non-hydrogen) atoms. The van der Waals surface area contributed by atoms with Gasteiger partial charge in [0.05, 0.1) is 23.2 Å². The van der Waals surface area contributed by atoms with Crippen molar-refractivity contribution in [3.63, 3.8) is 0 Å². The molecule has 1 saturated heterocycles. The van der Waals surface area contributed by atoms with Crippen LogP contribution in [-0.4, -0.2) is 47.4 Å². The molecule has 1 unspecified atom stereocenters. The summed E-state index contributed by atoms with van der Waals surface area (Å²) in [5, 5.41) is 1.87. The number of thiophene rings is 1. The molecule has 1 aliphatic rings. The average molecular weight is 430 g/mol. The van der Waals surface area contributed by atoms with Crippen molar-refractivity contribution in [3.05, 3.63) is 40.6 Å². The minimum absolute atomic E-state index is 0.0105. The van der Waals surface area contributed by atoms with Crippen LogP contribution in [0, 0.1) is 0 Å². The molecule has 3 heterocycles. The Balaban J connectivity index is 1.80. The lowest BCUT2D eigenvalue weighted by Gasteiger charge is -2.27. The summed E-state index contributed by atoms with van der Waals surface area (Å²) in [5.41, 5.74) is 0.848. The van der Waals surface area contributed by atoms with Crippen LogP contribution in [-0.2, 0) is 26.4 Å². The number of benzene rings is 1. The lowest BCUT2D eigenvalue weighted by molar-refractivity contribution is 0.337. The summed E-state index contributed by atoms with van der Waals surface area (Å²) in [4.78, 5) is 0.936. The van der Waals surface area contributed by atoms with E-state index in [1.54, 1.807) is 12.1 Å².